The maximum Gasteiger partial charge on any atom is 0.315 e. The van der Waals surface area contributed by atoms with Gasteiger partial charge in [0.05, 0.1) is 18.2 Å². The zero-order valence-electron chi connectivity index (χ0n) is 13.2. The summed E-state index contributed by atoms with van der Waals surface area (Å²) in [5.74, 6) is 0. The molecule has 0 bridgehead atoms. The molecule has 0 heterocycles. The molecule has 2 rings (SSSR count). The average molecular weight is 344 g/mol. The number of hydrogen-bond acceptors (Lipinski definition) is 3. The van der Waals surface area contributed by atoms with Crippen molar-refractivity contribution in [2.24, 2.45) is 0 Å². The summed E-state index contributed by atoms with van der Waals surface area (Å²) in [6, 6.07) is 15.5. The summed E-state index contributed by atoms with van der Waals surface area (Å²) < 4.78 is 0. The minimum absolute atomic E-state index is 0.0237. The van der Waals surface area contributed by atoms with Gasteiger partial charge in [0.2, 0.25) is 0 Å². The smallest absolute Gasteiger partial charge is 0.315 e. The number of aliphatic hydroxyl groups is 1. The van der Waals surface area contributed by atoms with Crippen LogP contribution in [0.25, 0.3) is 0 Å². The number of nitrogens with one attached hydrogen (secondary N) is 2. The van der Waals surface area contributed by atoms with E-state index in [9.17, 15) is 9.90 Å². The Kier molecular flexibility index (Phi) is 5.80. The van der Waals surface area contributed by atoms with Crippen LogP contribution >= 0.6 is 11.6 Å². The van der Waals surface area contributed by atoms with Gasteiger partial charge in [0, 0.05) is 17.1 Å². The van der Waals surface area contributed by atoms with Crippen molar-refractivity contribution in [3.05, 3.63) is 70.2 Å². The molecule has 5 nitrogen and oxygen atoms in total. The van der Waals surface area contributed by atoms with Crippen molar-refractivity contribution >= 4 is 17.6 Å². The Labute approximate surface area is 145 Å². The Hall–Kier alpha value is -2.55. The van der Waals surface area contributed by atoms with E-state index in [4.69, 9.17) is 16.9 Å². The van der Waals surface area contributed by atoms with Crippen molar-refractivity contribution in [1.82, 2.24) is 10.6 Å². The Morgan fingerprint density at radius 1 is 1.21 bits per heavy atom. The Bertz CT molecular complexity index is 752. The molecule has 0 aromatic heterocycles. The molecule has 124 valence electrons. The summed E-state index contributed by atoms with van der Waals surface area (Å²) in [4.78, 5) is 11.9. The van der Waals surface area contributed by atoms with Gasteiger partial charge < -0.3 is 15.7 Å². The van der Waals surface area contributed by atoms with Crippen molar-refractivity contribution in [2.45, 2.75) is 19.1 Å². The molecule has 0 unspecified atom stereocenters. The number of nitriles is 1. The molecule has 0 spiro atoms. The molecule has 0 saturated heterocycles. The topological polar surface area (TPSA) is 85.2 Å². The first-order valence-electron chi connectivity index (χ1n) is 7.40. The number of rotatable bonds is 5. The third-order valence-electron chi connectivity index (χ3n) is 3.58. The van der Waals surface area contributed by atoms with Crippen LogP contribution in [0.3, 0.4) is 0 Å². The highest BCUT2D eigenvalue weighted by Gasteiger charge is 2.26. The first-order chi connectivity index (χ1) is 11.4. The fourth-order valence-corrected chi connectivity index (χ4v) is 2.53. The lowest BCUT2D eigenvalue weighted by molar-refractivity contribution is 0.0595. The summed E-state index contributed by atoms with van der Waals surface area (Å²) in [6.45, 7) is 1.94. The number of halogens is 1. The standard InChI is InChI=1S/C18H18ClN3O2/c1-18(24,15-4-2-3-5-16(15)19)12-22-17(23)21-11-14-8-6-13(10-20)7-9-14/h2-9,24H,11-12H2,1H3,(H2,21,22,23)/t18-/m0/s1. The van der Waals surface area contributed by atoms with E-state index in [1.54, 1.807) is 55.5 Å². The number of carbonyl (C=O) groups is 1. The van der Waals surface area contributed by atoms with Gasteiger partial charge in [-0.05, 0) is 30.7 Å². The zero-order chi connectivity index (χ0) is 17.6. The second kappa shape index (κ2) is 7.82. The molecule has 2 amide bonds. The lowest BCUT2D eigenvalue weighted by Crippen LogP contribution is -2.43. The van der Waals surface area contributed by atoms with E-state index in [1.807, 2.05) is 6.07 Å². The average Bonchev–Trinajstić information content (AvgIpc) is 2.59. The Balaban J connectivity index is 1.86. The molecule has 1 atom stereocenters. The molecule has 24 heavy (non-hydrogen) atoms. The molecule has 0 aliphatic heterocycles. The van der Waals surface area contributed by atoms with E-state index >= 15 is 0 Å². The van der Waals surface area contributed by atoms with E-state index < -0.39 is 11.6 Å². The molecule has 0 fully saturated rings. The summed E-state index contributed by atoms with van der Waals surface area (Å²) in [5, 5.41) is 25.0. The number of amides is 2. The van der Waals surface area contributed by atoms with E-state index in [0.29, 0.717) is 22.7 Å². The monoisotopic (exact) mass is 343 g/mol. The minimum Gasteiger partial charge on any atom is -0.384 e. The highest BCUT2D eigenvalue weighted by Crippen LogP contribution is 2.27. The molecule has 2 aromatic rings. The van der Waals surface area contributed by atoms with Gasteiger partial charge >= 0.3 is 6.03 Å². The van der Waals surface area contributed by atoms with Gasteiger partial charge in [-0.1, -0.05) is 41.9 Å². The highest BCUT2D eigenvalue weighted by molar-refractivity contribution is 6.31. The molecule has 0 radical (unpaired) electrons. The van der Waals surface area contributed by atoms with Gasteiger partial charge in [-0.3, -0.25) is 0 Å². The highest BCUT2D eigenvalue weighted by atomic mass is 35.5. The van der Waals surface area contributed by atoms with E-state index in [1.165, 1.54) is 0 Å². The van der Waals surface area contributed by atoms with Crippen LogP contribution in [0.2, 0.25) is 5.02 Å². The fraction of sp³-hybridized carbons (Fsp3) is 0.222. The molecule has 2 aromatic carbocycles. The van der Waals surface area contributed by atoms with Gasteiger partial charge in [-0.15, -0.1) is 0 Å². The molecule has 6 heteroatoms. The minimum atomic E-state index is -1.27. The number of carbonyl (C=O) groups excluding carboxylic acids is 1. The van der Waals surface area contributed by atoms with Crippen LogP contribution in [-0.2, 0) is 12.1 Å². The molecular formula is C18H18ClN3O2. The van der Waals surface area contributed by atoms with Crippen LogP contribution < -0.4 is 10.6 Å². The van der Waals surface area contributed by atoms with E-state index in [2.05, 4.69) is 10.6 Å². The van der Waals surface area contributed by atoms with Crippen molar-refractivity contribution in [1.29, 1.82) is 5.26 Å². The van der Waals surface area contributed by atoms with E-state index in [-0.39, 0.29) is 6.54 Å². The van der Waals surface area contributed by atoms with Crippen LogP contribution in [0.1, 0.15) is 23.6 Å². The van der Waals surface area contributed by atoms with Gasteiger partial charge in [0.25, 0.3) is 0 Å². The van der Waals surface area contributed by atoms with Crippen LogP contribution in [0.4, 0.5) is 4.79 Å². The van der Waals surface area contributed by atoms with Gasteiger partial charge in [0.15, 0.2) is 0 Å². The third-order valence-corrected chi connectivity index (χ3v) is 3.91. The number of nitrogens with zero attached hydrogens (tertiary/aromatic N) is 1. The SMILES string of the molecule is C[C@](O)(CNC(=O)NCc1ccc(C#N)cc1)c1ccccc1Cl. The summed E-state index contributed by atoms with van der Waals surface area (Å²) in [5.41, 5.74) is 0.726. The third kappa shape index (κ3) is 4.72. The predicted octanol–water partition coefficient (Wildman–Crippen LogP) is 2.92. The quantitative estimate of drug-likeness (QED) is 0.780. The van der Waals surface area contributed by atoms with Crippen LogP contribution in [0, 0.1) is 11.3 Å². The second-order valence-corrected chi connectivity index (χ2v) is 6.01. The maximum atomic E-state index is 11.9. The first-order valence-corrected chi connectivity index (χ1v) is 7.78. The molecule has 3 N–H and O–H groups in total. The zero-order valence-corrected chi connectivity index (χ0v) is 14.0. The Morgan fingerprint density at radius 3 is 2.50 bits per heavy atom. The number of urea groups is 1. The van der Waals surface area contributed by atoms with Gasteiger partial charge in [-0.2, -0.15) is 5.26 Å². The van der Waals surface area contributed by atoms with Crippen molar-refractivity contribution in [3.63, 3.8) is 0 Å². The van der Waals surface area contributed by atoms with Crippen molar-refractivity contribution in [2.75, 3.05) is 6.54 Å². The molecule has 0 aliphatic rings. The fourth-order valence-electron chi connectivity index (χ4n) is 2.19. The predicted molar refractivity (Wildman–Crippen MR) is 92.4 cm³/mol. The largest absolute Gasteiger partial charge is 0.384 e. The lowest BCUT2D eigenvalue weighted by Gasteiger charge is -2.25. The summed E-state index contributed by atoms with van der Waals surface area (Å²) in [7, 11) is 0. The molecular weight excluding hydrogens is 326 g/mol. The molecule has 0 aliphatic carbocycles. The van der Waals surface area contributed by atoms with Crippen LogP contribution in [0.5, 0.6) is 0 Å². The summed E-state index contributed by atoms with van der Waals surface area (Å²) >= 11 is 6.08. The number of benzene rings is 2. The maximum absolute atomic E-state index is 11.9. The normalized spacial score (nSPS) is 12.8. The first kappa shape index (κ1) is 17.8. The van der Waals surface area contributed by atoms with Crippen LogP contribution in [0.15, 0.2) is 48.5 Å². The van der Waals surface area contributed by atoms with Crippen LogP contribution in [-0.4, -0.2) is 17.7 Å². The van der Waals surface area contributed by atoms with Gasteiger partial charge in [-0.25, -0.2) is 4.79 Å². The Morgan fingerprint density at radius 2 is 1.88 bits per heavy atom. The lowest BCUT2D eigenvalue weighted by atomic mass is 9.96. The number of hydrogen-bond donors (Lipinski definition) is 3. The van der Waals surface area contributed by atoms with Gasteiger partial charge in [0.1, 0.15) is 5.60 Å². The summed E-state index contributed by atoms with van der Waals surface area (Å²) in [6.07, 6.45) is 0. The van der Waals surface area contributed by atoms with E-state index in [0.717, 1.165) is 5.56 Å². The van der Waals surface area contributed by atoms with Crippen molar-refractivity contribution in [3.8, 4) is 6.07 Å². The van der Waals surface area contributed by atoms with Crippen molar-refractivity contribution < 1.29 is 9.90 Å². The second-order valence-electron chi connectivity index (χ2n) is 5.60. The molecule has 0 saturated carbocycles.